The molecule has 1 aliphatic heterocycles. The van der Waals surface area contributed by atoms with E-state index < -0.39 is 11.7 Å². The molecule has 2 N–H and O–H groups in total. The van der Waals surface area contributed by atoms with E-state index in [9.17, 15) is 13.2 Å². The molecule has 1 aromatic rings. The van der Waals surface area contributed by atoms with Gasteiger partial charge in [0.2, 0.25) is 0 Å². The molecular formula is C18H27F3N2. The fraction of sp³-hybridized carbons (Fsp3) is 0.667. The molecule has 2 nitrogen and oxygen atoms in total. The van der Waals surface area contributed by atoms with Gasteiger partial charge in [-0.3, -0.25) is 0 Å². The summed E-state index contributed by atoms with van der Waals surface area (Å²) in [5, 5.41) is 0. The SMILES string of the molecule is CC1CCCCCCCCN(c2cc(N)cc(C(F)(F)F)c2)C1. The molecular weight excluding hydrogens is 301 g/mol. The number of nitrogens with zero attached hydrogens (tertiary/aromatic N) is 1. The van der Waals surface area contributed by atoms with Gasteiger partial charge in [-0.1, -0.05) is 39.0 Å². The Bertz CT molecular complexity index is 500. The summed E-state index contributed by atoms with van der Waals surface area (Å²) < 4.78 is 39.1. The lowest BCUT2D eigenvalue weighted by Gasteiger charge is -2.29. The van der Waals surface area contributed by atoms with E-state index in [1.807, 2.05) is 0 Å². The monoisotopic (exact) mass is 328 g/mol. The highest BCUT2D eigenvalue weighted by molar-refractivity contribution is 5.59. The van der Waals surface area contributed by atoms with Crippen molar-refractivity contribution in [1.29, 1.82) is 0 Å². The van der Waals surface area contributed by atoms with Crippen LogP contribution in [0.1, 0.15) is 57.4 Å². The van der Waals surface area contributed by atoms with Crippen LogP contribution in [-0.2, 0) is 6.18 Å². The van der Waals surface area contributed by atoms with Crippen LogP contribution < -0.4 is 10.6 Å². The minimum absolute atomic E-state index is 0.178. The number of alkyl halides is 3. The van der Waals surface area contributed by atoms with Gasteiger partial charge in [0.25, 0.3) is 0 Å². The van der Waals surface area contributed by atoms with E-state index in [-0.39, 0.29) is 5.69 Å². The van der Waals surface area contributed by atoms with Crippen molar-refractivity contribution in [2.24, 2.45) is 5.92 Å². The van der Waals surface area contributed by atoms with Gasteiger partial charge in [0, 0.05) is 24.5 Å². The Morgan fingerprint density at radius 2 is 1.65 bits per heavy atom. The van der Waals surface area contributed by atoms with Crippen LogP contribution in [0.4, 0.5) is 24.5 Å². The van der Waals surface area contributed by atoms with E-state index in [1.54, 1.807) is 6.07 Å². The first-order valence-corrected chi connectivity index (χ1v) is 8.59. The third-order valence-electron chi connectivity index (χ3n) is 4.54. The second-order valence-corrected chi connectivity index (χ2v) is 6.77. The van der Waals surface area contributed by atoms with Crippen LogP contribution >= 0.6 is 0 Å². The predicted octanol–water partition coefficient (Wildman–Crippen LogP) is 5.47. The highest BCUT2D eigenvalue weighted by Gasteiger charge is 2.31. The van der Waals surface area contributed by atoms with Crippen molar-refractivity contribution in [3.63, 3.8) is 0 Å². The van der Waals surface area contributed by atoms with Gasteiger partial charge in [-0.25, -0.2) is 0 Å². The van der Waals surface area contributed by atoms with Crippen LogP contribution in [0.2, 0.25) is 0 Å². The molecule has 0 saturated carbocycles. The van der Waals surface area contributed by atoms with Crippen molar-refractivity contribution in [2.75, 3.05) is 23.7 Å². The predicted molar refractivity (Wildman–Crippen MR) is 89.6 cm³/mol. The number of anilines is 2. The molecule has 0 aliphatic carbocycles. The summed E-state index contributed by atoms with van der Waals surface area (Å²) in [6, 6.07) is 3.92. The third-order valence-corrected chi connectivity index (χ3v) is 4.54. The van der Waals surface area contributed by atoms with Crippen LogP contribution in [0, 0.1) is 5.92 Å². The fourth-order valence-electron chi connectivity index (χ4n) is 3.28. The summed E-state index contributed by atoms with van der Waals surface area (Å²) in [7, 11) is 0. The lowest BCUT2D eigenvalue weighted by Crippen LogP contribution is -2.30. The van der Waals surface area contributed by atoms with Crippen molar-refractivity contribution in [3.05, 3.63) is 23.8 Å². The maximum atomic E-state index is 13.0. The van der Waals surface area contributed by atoms with E-state index in [0.29, 0.717) is 11.6 Å². The zero-order valence-corrected chi connectivity index (χ0v) is 13.8. The van der Waals surface area contributed by atoms with Gasteiger partial charge < -0.3 is 10.6 Å². The normalized spacial score (nSPS) is 21.7. The van der Waals surface area contributed by atoms with E-state index >= 15 is 0 Å². The lowest BCUT2D eigenvalue weighted by molar-refractivity contribution is -0.137. The molecule has 1 unspecified atom stereocenters. The number of benzene rings is 1. The van der Waals surface area contributed by atoms with Crippen LogP contribution in [0.15, 0.2) is 18.2 Å². The summed E-state index contributed by atoms with van der Waals surface area (Å²) in [5.41, 5.74) is 5.84. The van der Waals surface area contributed by atoms with Crippen molar-refractivity contribution in [1.82, 2.24) is 0 Å². The van der Waals surface area contributed by atoms with E-state index in [1.165, 1.54) is 31.7 Å². The lowest BCUT2D eigenvalue weighted by atomic mass is 10.0. The van der Waals surface area contributed by atoms with E-state index in [4.69, 9.17) is 5.73 Å². The molecule has 1 atom stereocenters. The van der Waals surface area contributed by atoms with Gasteiger partial charge in [-0.15, -0.1) is 0 Å². The number of rotatable bonds is 1. The molecule has 130 valence electrons. The Kier molecular flexibility index (Phi) is 6.19. The second-order valence-electron chi connectivity index (χ2n) is 6.77. The van der Waals surface area contributed by atoms with Gasteiger partial charge in [0.05, 0.1) is 5.56 Å². The average molecular weight is 328 g/mol. The van der Waals surface area contributed by atoms with Gasteiger partial charge in [-0.2, -0.15) is 13.2 Å². The molecule has 1 heterocycles. The average Bonchev–Trinajstić information content (AvgIpc) is 2.51. The quantitative estimate of drug-likeness (QED) is 0.692. The molecule has 2 rings (SSSR count). The van der Waals surface area contributed by atoms with Crippen LogP contribution in [0.3, 0.4) is 0 Å². The van der Waals surface area contributed by atoms with Crippen molar-refractivity contribution < 1.29 is 13.2 Å². The Hall–Kier alpha value is -1.39. The van der Waals surface area contributed by atoms with Crippen molar-refractivity contribution in [2.45, 2.75) is 58.0 Å². The number of nitrogen functional groups attached to an aromatic ring is 1. The van der Waals surface area contributed by atoms with Gasteiger partial charge >= 0.3 is 6.18 Å². The molecule has 1 fully saturated rings. The molecule has 0 radical (unpaired) electrons. The maximum Gasteiger partial charge on any atom is 0.416 e. The Morgan fingerprint density at radius 1 is 1.00 bits per heavy atom. The summed E-state index contributed by atoms with van der Waals surface area (Å²) in [6.07, 6.45) is 3.88. The van der Waals surface area contributed by atoms with Crippen LogP contribution in [-0.4, -0.2) is 13.1 Å². The second kappa shape index (κ2) is 7.93. The first-order chi connectivity index (χ1) is 10.9. The van der Waals surface area contributed by atoms with Crippen molar-refractivity contribution >= 4 is 11.4 Å². The topological polar surface area (TPSA) is 29.3 Å². The molecule has 0 bridgehead atoms. The largest absolute Gasteiger partial charge is 0.416 e. The minimum Gasteiger partial charge on any atom is -0.399 e. The molecule has 23 heavy (non-hydrogen) atoms. The number of nitrogens with two attached hydrogens (primary N) is 1. The fourth-order valence-corrected chi connectivity index (χ4v) is 3.28. The van der Waals surface area contributed by atoms with E-state index in [0.717, 1.165) is 38.4 Å². The first-order valence-electron chi connectivity index (χ1n) is 8.59. The van der Waals surface area contributed by atoms with Crippen LogP contribution in [0.5, 0.6) is 0 Å². The maximum absolute atomic E-state index is 13.0. The van der Waals surface area contributed by atoms with Gasteiger partial charge in [0.1, 0.15) is 0 Å². The molecule has 0 spiro atoms. The van der Waals surface area contributed by atoms with E-state index in [2.05, 4.69) is 11.8 Å². The highest BCUT2D eigenvalue weighted by Crippen LogP contribution is 2.34. The molecule has 1 aromatic carbocycles. The number of hydrogen-bond donors (Lipinski definition) is 1. The summed E-state index contributed by atoms with van der Waals surface area (Å²) in [4.78, 5) is 2.08. The Labute approximate surface area is 136 Å². The smallest absolute Gasteiger partial charge is 0.399 e. The zero-order chi connectivity index (χ0) is 16.9. The Balaban J connectivity index is 2.22. The van der Waals surface area contributed by atoms with Gasteiger partial charge in [0.15, 0.2) is 0 Å². The summed E-state index contributed by atoms with van der Waals surface area (Å²) in [5.74, 6) is 0.476. The molecule has 0 amide bonds. The van der Waals surface area contributed by atoms with Crippen molar-refractivity contribution in [3.8, 4) is 0 Å². The van der Waals surface area contributed by atoms with Crippen LogP contribution in [0.25, 0.3) is 0 Å². The minimum atomic E-state index is -4.36. The molecule has 0 aromatic heterocycles. The zero-order valence-electron chi connectivity index (χ0n) is 13.8. The highest BCUT2D eigenvalue weighted by atomic mass is 19.4. The molecule has 1 saturated heterocycles. The standard InChI is InChI=1S/C18H27F3N2/c1-14-8-6-4-2-3-5-7-9-23(13-14)17-11-15(18(19,20)21)10-16(22)12-17/h10-12,14H,2-9,13,22H2,1H3. The Morgan fingerprint density at radius 3 is 2.35 bits per heavy atom. The molecule has 1 aliphatic rings. The number of hydrogen-bond acceptors (Lipinski definition) is 2. The number of halogens is 3. The van der Waals surface area contributed by atoms with Gasteiger partial charge in [-0.05, 0) is 37.0 Å². The molecule has 5 heteroatoms. The first kappa shape index (κ1) is 18.0. The summed E-state index contributed by atoms with van der Waals surface area (Å²) in [6.45, 7) is 3.77. The third kappa shape index (κ3) is 5.63. The summed E-state index contributed by atoms with van der Waals surface area (Å²) >= 11 is 0.